The number of nitrogens with one attached hydrogen (secondary N) is 3. The second kappa shape index (κ2) is 9.41. The lowest BCUT2D eigenvalue weighted by atomic mass is 9.80. The molecule has 1 amide bonds. The van der Waals surface area contributed by atoms with E-state index in [4.69, 9.17) is 0 Å². The molecule has 0 aliphatic heterocycles. The van der Waals surface area contributed by atoms with Gasteiger partial charge in [0, 0.05) is 6.20 Å². The topological polar surface area (TPSA) is 66.0 Å². The Morgan fingerprint density at radius 2 is 1.42 bits per heavy atom. The molecule has 0 atom stereocenters. The van der Waals surface area contributed by atoms with Gasteiger partial charge in [-0.15, -0.1) is 0 Å². The van der Waals surface area contributed by atoms with Crippen molar-refractivity contribution in [3.8, 4) is 0 Å². The molecule has 1 fully saturated rings. The number of hydrazine groups is 1. The quantitative estimate of drug-likeness (QED) is 0.487. The summed E-state index contributed by atoms with van der Waals surface area (Å²) >= 11 is 0. The Morgan fingerprint density at radius 1 is 0.839 bits per heavy atom. The minimum atomic E-state index is -0.694. The molecule has 5 nitrogen and oxygen atoms in total. The number of nitrogens with zero attached hydrogens (tertiary/aromatic N) is 1. The van der Waals surface area contributed by atoms with E-state index in [1.807, 2.05) is 54.6 Å². The van der Waals surface area contributed by atoms with Gasteiger partial charge >= 0.3 is 0 Å². The van der Waals surface area contributed by atoms with Crippen LogP contribution in [0, 0.1) is 0 Å². The number of pyridine rings is 1. The monoisotopic (exact) mass is 414 g/mol. The molecule has 2 aromatic carbocycles. The van der Waals surface area contributed by atoms with Crippen molar-refractivity contribution in [3.05, 3.63) is 96.2 Å². The number of carbonyl (C=O) groups excluding carboxylic acids is 1. The smallest absolute Gasteiger partial charge is 0.247 e. The largest absolute Gasteiger partial charge is 0.309 e. The maximum Gasteiger partial charge on any atom is 0.247 e. The Kier molecular flexibility index (Phi) is 6.44. The molecule has 1 aliphatic carbocycles. The highest BCUT2D eigenvalue weighted by Crippen LogP contribution is 2.32. The number of hydrogen-bond acceptors (Lipinski definition) is 4. The molecule has 1 heterocycles. The maximum absolute atomic E-state index is 13.4. The predicted molar refractivity (Wildman–Crippen MR) is 124 cm³/mol. The Labute approximate surface area is 184 Å². The number of amides is 1. The summed E-state index contributed by atoms with van der Waals surface area (Å²) in [6.45, 7) is 2.15. The van der Waals surface area contributed by atoms with Crippen molar-refractivity contribution in [1.29, 1.82) is 0 Å². The van der Waals surface area contributed by atoms with Gasteiger partial charge < -0.3 is 5.32 Å². The van der Waals surface area contributed by atoms with E-state index in [-0.39, 0.29) is 5.91 Å². The van der Waals surface area contributed by atoms with Crippen LogP contribution in [0.2, 0.25) is 0 Å². The first-order chi connectivity index (χ1) is 15.1. The van der Waals surface area contributed by atoms with Crippen molar-refractivity contribution in [2.45, 2.75) is 50.1 Å². The molecule has 5 heteroatoms. The Bertz CT molecular complexity index is 931. The molecule has 0 radical (unpaired) electrons. The normalized spacial score (nSPS) is 15.9. The molecule has 1 saturated carbocycles. The van der Waals surface area contributed by atoms with Crippen molar-refractivity contribution in [1.82, 2.24) is 15.8 Å². The van der Waals surface area contributed by atoms with Crippen LogP contribution in [0.25, 0.3) is 0 Å². The van der Waals surface area contributed by atoms with Crippen LogP contribution in [0.5, 0.6) is 0 Å². The number of rotatable bonds is 7. The molecule has 3 aromatic rings. The average molecular weight is 415 g/mol. The highest BCUT2D eigenvalue weighted by Gasteiger charge is 2.41. The molecular weight excluding hydrogens is 384 g/mol. The van der Waals surface area contributed by atoms with Gasteiger partial charge in [-0.2, -0.15) is 0 Å². The fourth-order valence-corrected chi connectivity index (χ4v) is 4.34. The minimum Gasteiger partial charge on any atom is -0.309 e. The van der Waals surface area contributed by atoms with Crippen LogP contribution in [0.4, 0.5) is 5.82 Å². The van der Waals surface area contributed by atoms with E-state index in [0.29, 0.717) is 5.82 Å². The molecule has 0 bridgehead atoms. The molecule has 0 saturated heterocycles. The van der Waals surface area contributed by atoms with Crippen LogP contribution in [0.3, 0.4) is 0 Å². The summed E-state index contributed by atoms with van der Waals surface area (Å²) in [6.07, 6.45) is 6.41. The summed E-state index contributed by atoms with van der Waals surface area (Å²) < 4.78 is 0. The van der Waals surface area contributed by atoms with Crippen LogP contribution < -0.4 is 16.2 Å². The number of hydrogen-bond donors (Lipinski definition) is 3. The van der Waals surface area contributed by atoms with Gasteiger partial charge in [0.25, 0.3) is 0 Å². The van der Waals surface area contributed by atoms with Gasteiger partial charge in [0.1, 0.15) is 11.4 Å². The lowest BCUT2D eigenvalue weighted by Gasteiger charge is -2.41. The summed E-state index contributed by atoms with van der Waals surface area (Å²) in [7, 11) is 0. The predicted octanol–water partition coefficient (Wildman–Crippen LogP) is 4.78. The zero-order chi connectivity index (χ0) is 21.6. The van der Waals surface area contributed by atoms with Crippen molar-refractivity contribution < 1.29 is 4.79 Å². The zero-order valence-electron chi connectivity index (χ0n) is 18.0. The summed E-state index contributed by atoms with van der Waals surface area (Å²) in [6, 6.07) is 26.2. The first-order valence-electron chi connectivity index (χ1n) is 11.0. The lowest BCUT2D eigenvalue weighted by Crippen LogP contribution is -2.64. The van der Waals surface area contributed by atoms with Gasteiger partial charge in [0.15, 0.2) is 0 Å². The standard InChI is InChI=1S/C26H30N4O/c1-25(21-13-5-2-6-14-21,22-15-7-3-8-16-22)29-30-26(18-10-4-11-19-26)24(31)28-23-17-9-12-20-27-23/h2-3,5-9,12-17,20,29-30H,4,10-11,18-19H2,1H3,(H,27,28,31). The van der Waals surface area contributed by atoms with E-state index in [1.165, 1.54) is 0 Å². The Hall–Kier alpha value is -3.02. The number of anilines is 1. The van der Waals surface area contributed by atoms with Crippen molar-refractivity contribution in [2.24, 2.45) is 0 Å². The number of carbonyl (C=O) groups is 1. The van der Waals surface area contributed by atoms with E-state index in [2.05, 4.69) is 52.3 Å². The lowest BCUT2D eigenvalue weighted by molar-refractivity contribution is -0.124. The summed E-state index contributed by atoms with van der Waals surface area (Å²) in [5.41, 5.74) is 8.14. The molecule has 31 heavy (non-hydrogen) atoms. The molecular formula is C26H30N4O. The van der Waals surface area contributed by atoms with Crippen LogP contribution in [0.15, 0.2) is 85.1 Å². The fraction of sp³-hybridized carbons (Fsp3) is 0.308. The van der Waals surface area contributed by atoms with Crippen LogP contribution in [0.1, 0.15) is 50.2 Å². The third-order valence-electron chi connectivity index (χ3n) is 6.30. The molecule has 1 aromatic heterocycles. The van der Waals surface area contributed by atoms with Crippen LogP contribution in [-0.2, 0) is 10.3 Å². The third kappa shape index (κ3) is 4.68. The second-order valence-corrected chi connectivity index (χ2v) is 8.42. The molecule has 160 valence electrons. The van der Waals surface area contributed by atoms with Crippen molar-refractivity contribution in [2.75, 3.05) is 5.32 Å². The van der Waals surface area contributed by atoms with Crippen molar-refractivity contribution >= 4 is 11.7 Å². The minimum absolute atomic E-state index is 0.0399. The summed E-state index contributed by atoms with van der Waals surface area (Å²) in [5, 5.41) is 3.02. The molecule has 1 aliphatic rings. The van der Waals surface area contributed by atoms with Crippen molar-refractivity contribution in [3.63, 3.8) is 0 Å². The van der Waals surface area contributed by atoms with E-state index in [1.54, 1.807) is 6.20 Å². The fourth-order valence-electron chi connectivity index (χ4n) is 4.34. The second-order valence-electron chi connectivity index (χ2n) is 8.42. The van der Waals surface area contributed by atoms with E-state index in [0.717, 1.165) is 43.2 Å². The average Bonchev–Trinajstić information content (AvgIpc) is 2.85. The molecule has 0 spiro atoms. The van der Waals surface area contributed by atoms with Gasteiger partial charge in [-0.05, 0) is 43.0 Å². The van der Waals surface area contributed by atoms with Gasteiger partial charge in [-0.3, -0.25) is 4.79 Å². The van der Waals surface area contributed by atoms with Crippen LogP contribution in [-0.4, -0.2) is 16.4 Å². The Balaban J connectivity index is 1.62. The SMILES string of the molecule is CC(NNC1(C(=O)Nc2ccccn2)CCCCC1)(c1ccccc1)c1ccccc1. The van der Waals surface area contributed by atoms with Gasteiger partial charge in [-0.25, -0.2) is 15.8 Å². The summed E-state index contributed by atoms with van der Waals surface area (Å²) in [4.78, 5) is 17.7. The summed E-state index contributed by atoms with van der Waals surface area (Å²) in [5.74, 6) is 0.537. The number of aromatic nitrogens is 1. The highest BCUT2D eigenvalue weighted by molar-refractivity contribution is 5.97. The first-order valence-corrected chi connectivity index (χ1v) is 11.0. The van der Waals surface area contributed by atoms with Gasteiger partial charge in [0.05, 0.1) is 5.54 Å². The highest BCUT2D eigenvalue weighted by atomic mass is 16.2. The van der Waals surface area contributed by atoms with E-state index < -0.39 is 11.1 Å². The first kappa shape index (κ1) is 21.2. The van der Waals surface area contributed by atoms with E-state index >= 15 is 0 Å². The van der Waals surface area contributed by atoms with Crippen LogP contribution >= 0.6 is 0 Å². The van der Waals surface area contributed by atoms with Gasteiger partial charge in [-0.1, -0.05) is 86.0 Å². The zero-order valence-corrected chi connectivity index (χ0v) is 18.0. The van der Waals surface area contributed by atoms with Gasteiger partial charge in [0.2, 0.25) is 5.91 Å². The molecule has 4 rings (SSSR count). The number of benzene rings is 2. The molecule has 0 unspecified atom stereocenters. The third-order valence-corrected chi connectivity index (χ3v) is 6.30. The van der Waals surface area contributed by atoms with E-state index in [9.17, 15) is 4.79 Å². The molecule has 3 N–H and O–H groups in total. The maximum atomic E-state index is 13.4. The Morgan fingerprint density at radius 3 is 1.97 bits per heavy atom.